The molecular weight excluding hydrogens is 228 g/mol. The van der Waals surface area contributed by atoms with Crippen LogP contribution in [-0.4, -0.2) is 0 Å². The summed E-state index contributed by atoms with van der Waals surface area (Å²) in [7, 11) is 0. The van der Waals surface area contributed by atoms with E-state index in [-0.39, 0.29) is 0 Å². The third-order valence-corrected chi connectivity index (χ3v) is 8.70. The highest BCUT2D eigenvalue weighted by Crippen LogP contribution is 2.73. The third kappa shape index (κ3) is 1.37. The number of hydrogen-bond acceptors (Lipinski definition) is 0. The van der Waals surface area contributed by atoms with Gasteiger partial charge in [0.1, 0.15) is 0 Å². The van der Waals surface area contributed by atoms with Gasteiger partial charge in [0.15, 0.2) is 0 Å². The van der Waals surface area contributed by atoms with Crippen molar-refractivity contribution in [1.82, 2.24) is 0 Å². The van der Waals surface area contributed by atoms with Crippen molar-refractivity contribution in [2.75, 3.05) is 0 Å². The lowest BCUT2D eigenvalue weighted by molar-refractivity contribution is -0.00918. The lowest BCUT2D eigenvalue weighted by Crippen LogP contribution is -2.43. The summed E-state index contributed by atoms with van der Waals surface area (Å²) in [5, 5.41) is 0. The second kappa shape index (κ2) is 3.80. The van der Waals surface area contributed by atoms with Gasteiger partial charge >= 0.3 is 0 Å². The Bertz CT molecular complexity index is 379. The minimum atomic E-state index is 0.775. The predicted octanol–water partition coefficient (Wildman–Crippen LogP) is 5.28. The normalized spacial score (nSPS) is 59.8. The van der Waals surface area contributed by atoms with Crippen molar-refractivity contribution in [3.05, 3.63) is 0 Å². The molecule has 0 spiro atoms. The Morgan fingerprint density at radius 1 is 0.737 bits per heavy atom. The van der Waals surface area contributed by atoms with Crippen molar-refractivity contribution < 1.29 is 0 Å². The van der Waals surface area contributed by atoms with E-state index in [4.69, 9.17) is 0 Å². The Balaban J connectivity index is 1.45. The molecule has 0 amide bonds. The highest BCUT2D eigenvalue weighted by molar-refractivity contribution is 5.15. The Hall–Kier alpha value is 0. The maximum absolute atomic E-state index is 2.73. The van der Waals surface area contributed by atoms with Gasteiger partial charge in [-0.1, -0.05) is 26.2 Å². The van der Waals surface area contributed by atoms with Gasteiger partial charge in [0.05, 0.1) is 0 Å². The second-order valence-electron chi connectivity index (χ2n) is 9.14. The van der Waals surface area contributed by atoms with Crippen LogP contribution in [-0.2, 0) is 0 Å². The molecule has 0 aromatic rings. The standard InChI is InChI=1S/C19H30/c1-19(15-5-3-2-4-6-15)11-14-10-16(19)18-13-8-7-12(9-13)17(14)18/h12-18H,2-11H2,1H3. The van der Waals surface area contributed by atoms with Crippen LogP contribution in [0.4, 0.5) is 0 Å². The molecule has 5 rings (SSSR count). The van der Waals surface area contributed by atoms with E-state index in [2.05, 4.69) is 6.92 Å². The Kier molecular flexibility index (Phi) is 2.33. The van der Waals surface area contributed by atoms with Gasteiger partial charge < -0.3 is 0 Å². The Labute approximate surface area is 118 Å². The minimum Gasteiger partial charge on any atom is -0.0591 e. The van der Waals surface area contributed by atoms with E-state index >= 15 is 0 Å². The molecular formula is C19H30. The van der Waals surface area contributed by atoms with E-state index in [1.165, 1.54) is 42.9 Å². The summed E-state index contributed by atoms with van der Waals surface area (Å²) in [6.07, 6.45) is 15.9. The number of hydrogen-bond donors (Lipinski definition) is 0. The second-order valence-corrected chi connectivity index (χ2v) is 9.14. The van der Waals surface area contributed by atoms with Gasteiger partial charge in [0, 0.05) is 0 Å². The van der Waals surface area contributed by atoms with Crippen LogP contribution in [0.5, 0.6) is 0 Å². The van der Waals surface area contributed by atoms with Crippen molar-refractivity contribution in [2.45, 2.75) is 71.1 Å². The maximum Gasteiger partial charge on any atom is -0.0264 e. The summed E-state index contributed by atoms with van der Waals surface area (Å²) >= 11 is 0. The van der Waals surface area contributed by atoms with Crippen molar-refractivity contribution in [1.29, 1.82) is 0 Å². The molecule has 106 valence electrons. The van der Waals surface area contributed by atoms with E-state index < -0.39 is 0 Å². The van der Waals surface area contributed by atoms with Gasteiger partial charge in [-0.05, 0) is 91.8 Å². The largest absolute Gasteiger partial charge is 0.0591 e. The number of fused-ring (bicyclic) bond motifs is 9. The first-order chi connectivity index (χ1) is 9.27. The average molecular weight is 258 g/mol. The van der Waals surface area contributed by atoms with Crippen LogP contribution in [0, 0.1) is 46.8 Å². The molecule has 0 aliphatic heterocycles. The lowest BCUT2D eigenvalue weighted by Gasteiger charge is -2.49. The Morgan fingerprint density at radius 3 is 2.26 bits per heavy atom. The van der Waals surface area contributed by atoms with Crippen molar-refractivity contribution in [3.8, 4) is 0 Å². The van der Waals surface area contributed by atoms with Crippen molar-refractivity contribution in [2.24, 2.45) is 46.8 Å². The fourth-order valence-corrected chi connectivity index (χ4v) is 8.19. The zero-order valence-electron chi connectivity index (χ0n) is 12.6. The van der Waals surface area contributed by atoms with Crippen LogP contribution in [0.25, 0.3) is 0 Å². The fourth-order valence-electron chi connectivity index (χ4n) is 8.19. The minimum absolute atomic E-state index is 0.775. The molecule has 7 atom stereocenters. The van der Waals surface area contributed by atoms with E-state index in [0.29, 0.717) is 0 Å². The highest BCUT2D eigenvalue weighted by atomic mass is 14.7. The van der Waals surface area contributed by atoms with Crippen LogP contribution in [0.15, 0.2) is 0 Å². The first-order valence-corrected chi connectivity index (χ1v) is 9.27. The molecule has 19 heavy (non-hydrogen) atoms. The Morgan fingerprint density at radius 2 is 1.47 bits per heavy atom. The van der Waals surface area contributed by atoms with Crippen molar-refractivity contribution >= 4 is 0 Å². The topological polar surface area (TPSA) is 0 Å². The maximum atomic E-state index is 2.73. The van der Waals surface area contributed by atoms with Crippen LogP contribution in [0.2, 0.25) is 0 Å². The molecule has 0 heterocycles. The first kappa shape index (κ1) is 11.6. The quantitative estimate of drug-likeness (QED) is 0.562. The van der Waals surface area contributed by atoms with Gasteiger partial charge in [-0.15, -0.1) is 0 Å². The van der Waals surface area contributed by atoms with E-state index in [1.807, 2.05) is 0 Å². The first-order valence-electron chi connectivity index (χ1n) is 9.27. The monoisotopic (exact) mass is 258 g/mol. The smallest absolute Gasteiger partial charge is 0.0264 e. The zero-order chi connectivity index (χ0) is 12.6. The summed E-state index contributed by atoms with van der Waals surface area (Å²) in [4.78, 5) is 0. The van der Waals surface area contributed by atoms with Gasteiger partial charge in [0.2, 0.25) is 0 Å². The SMILES string of the molecule is CC1(C2CCCCC2)CC2CC1C1C3CCC(C3)C21. The molecule has 0 aromatic heterocycles. The summed E-state index contributed by atoms with van der Waals surface area (Å²) < 4.78 is 0. The predicted molar refractivity (Wildman–Crippen MR) is 78.7 cm³/mol. The van der Waals surface area contributed by atoms with Gasteiger partial charge in [0.25, 0.3) is 0 Å². The molecule has 0 radical (unpaired) electrons. The third-order valence-electron chi connectivity index (χ3n) is 8.70. The van der Waals surface area contributed by atoms with Gasteiger partial charge in [-0.2, -0.15) is 0 Å². The van der Waals surface area contributed by atoms with E-state index in [1.54, 1.807) is 44.9 Å². The molecule has 4 bridgehead atoms. The van der Waals surface area contributed by atoms with Crippen LogP contribution in [0.3, 0.4) is 0 Å². The highest BCUT2D eigenvalue weighted by Gasteiger charge is 2.66. The number of rotatable bonds is 1. The summed E-state index contributed by atoms with van der Waals surface area (Å²) in [5.74, 6) is 8.19. The van der Waals surface area contributed by atoms with E-state index in [0.717, 1.165) is 23.2 Å². The van der Waals surface area contributed by atoms with Gasteiger partial charge in [-0.25, -0.2) is 0 Å². The van der Waals surface area contributed by atoms with Crippen LogP contribution < -0.4 is 0 Å². The van der Waals surface area contributed by atoms with E-state index in [9.17, 15) is 0 Å². The molecule has 0 N–H and O–H groups in total. The molecule has 0 nitrogen and oxygen atoms in total. The lowest BCUT2D eigenvalue weighted by atomic mass is 9.55. The summed E-state index contributed by atoms with van der Waals surface area (Å²) in [5.41, 5.74) is 0.775. The zero-order valence-corrected chi connectivity index (χ0v) is 12.6. The molecule has 0 heteroatoms. The van der Waals surface area contributed by atoms with Gasteiger partial charge in [-0.3, -0.25) is 0 Å². The van der Waals surface area contributed by atoms with Crippen LogP contribution in [0.1, 0.15) is 71.1 Å². The molecule has 0 saturated heterocycles. The molecule has 5 saturated carbocycles. The van der Waals surface area contributed by atoms with Crippen molar-refractivity contribution in [3.63, 3.8) is 0 Å². The van der Waals surface area contributed by atoms with Crippen LogP contribution >= 0.6 is 0 Å². The average Bonchev–Trinajstić information content (AvgIpc) is 3.17. The summed E-state index contributed by atoms with van der Waals surface area (Å²) in [6, 6.07) is 0. The molecule has 5 fully saturated rings. The molecule has 5 aliphatic carbocycles. The molecule has 0 aromatic carbocycles. The molecule has 5 aliphatic rings. The summed E-state index contributed by atoms with van der Waals surface area (Å²) in [6.45, 7) is 2.73. The fraction of sp³-hybridized carbons (Fsp3) is 1.00. The molecule has 7 unspecified atom stereocenters.